The number of benzene rings is 2. The van der Waals surface area contributed by atoms with Crippen molar-refractivity contribution in [2.24, 2.45) is 0 Å². The first-order chi connectivity index (χ1) is 13.7. The summed E-state index contributed by atoms with van der Waals surface area (Å²) < 4.78 is 15.3. The van der Waals surface area contributed by atoms with Crippen molar-refractivity contribution in [3.8, 4) is 11.4 Å². The van der Waals surface area contributed by atoms with E-state index in [0.717, 1.165) is 42.6 Å². The van der Waals surface area contributed by atoms with Crippen LogP contribution in [0.5, 0.6) is 0 Å². The van der Waals surface area contributed by atoms with Gasteiger partial charge in [0.05, 0.1) is 5.54 Å². The van der Waals surface area contributed by atoms with Crippen molar-refractivity contribution >= 4 is 5.91 Å². The molecule has 3 aromatic rings. The summed E-state index contributed by atoms with van der Waals surface area (Å²) in [4.78, 5) is 17.2. The van der Waals surface area contributed by atoms with Gasteiger partial charge < -0.3 is 9.88 Å². The number of carbonyl (C=O) groups is 1. The van der Waals surface area contributed by atoms with Gasteiger partial charge in [0.1, 0.15) is 11.6 Å². The normalized spacial score (nSPS) is 15.5. The minimum absolute atomic E-state index is 0.0129. The van der Waals surface area contributed by atoms with Gasteiger partial charge in [-0.05, 0) is 30.5 Å². The molecule has 0 bridgehead atoms. The molecular weight excluding hydrogens is 353 g/mol. The smallest absolute Gasteiger partial charge is 0.222 e. The molecule has 1 amide bonds. The minimum Gasteiger partial charge on any atom is -0.347 e. The summed E-state index contributed by atoms with van der Waals surface area (Å²) in [6.07, 6.45) is 7.96. The van der Waals surface area contributed by atoms with E-state index in [2.05, 4.69) is 10.3 Å². The minimum atomic E-state index is -0.373. The quantitative estimate of drug-likeness (QED) is 0.679. The molecule has 1 N–H and O–H groups in total. The summed E-state index contributed by atoms with van der Waals surface area (Å²) in [6.45, 7) is 0.565. The molecule has 0 saturated heterocycles. The Hall–Kier alpha value is -2.95. The number of nitrogens with zero attached hydrogens (tertiary/aromatic N) is 2. The first-order valence-corrected chi connectivity index (χ1v) is 9.80. The van der Waals surface area contributed by atoms with Crippen molar-refractivity contribution in [3.05, 3.63) is 78.4 Å². The fourth-order valence-electron chi connectivity index (χ4n) is 4.12. The van der Waals surface area contributed by atoms with Crippen LogP contribution in [0.4, 0.5) is 4.39 Å². The van der Waals surface area contributed by atoms with E-state index in [1.54, 1.807) is 18.3 Å². The highest BCUT2D eigenvalue weighted by Crippen LogP contribution is 2.38. The molecule has 1 saturated carbocycles. The Morgan fingerprint density at radius 1 is 1.07 bits per heavy atom. The number of nitrogens with one attached hydrogen (secondary N) is 1. The zero-order chi connectivity index (χ0) is 19.4. The molecule has 1 aliphatic carbocycles. The van der Waals surface area contributed by atoms with E-state index in [1.807, 2.05) is 41.1 Å². The number of aromatic nitrogens is 2. The summed E-state index contributed by atoms with van der Waals surface area (Å²) in [5.41, 5.74) is 1.65. The average Bonchev–Trinajstić information content (AvgIpc) is 3.38. The number of rotatable bonds is 6. The van der Waals surface area contributed by atoms with E-state index in [4.69, 9.17) is 0 Å². The highest BCUT2D eigenvalue weighted by Gasteiger charge is 2.36. The number of halogens is 1. The number of hydrogen-bond acceptors (Lipinski definition) is 2. The molecule has 0 spiro atoms. The zero-order valence-electron chi connectivity index (χ0n) is 15.8. The summed E-state index contributed by atoms with van der Waals surface area (Å²) in [7, 11) is 0. The largest absolute Gasteiger partial charge is 0.347 e. The number of amides is 1. The Bertz CT molecular complexity index is 928. The molecule has 1 fully saturated rings. The van der Waals surface area contributed by atoms with Crippen LogP contribution in [-0.4, -0.2) is 15.5 Å². The Balaban J connectivity index is 1.44. The highest BCUT2D eigenvalue weighted by molar-refractivity contribution is 5.77. The Kier molecular flexibility index (Phi) is 5.24. The lowest BCUT2D eigenvalue weighted by atomic mass is 9.88. The third kappa shape index (κ3) is 3.84. The van der Waals surface area contributed by atoms with Crippen LogP contribution in [0.1, 0.15) is 37.7 Å². The van der Waals surface area contributed by atoms with Crippen LogP contribution in [0.15, 0.2) is 67.0 Å². The molecule has 144 valence electrons. The van der Waals surface area contributed by atoms with Gasteiger partial charge in [-0.3, -0.25) is 4.79 Å². The van der Waals surface area contributed by atoms with Crippen molar-refractivity contribution in [1.29, 1.82) is 0 Å². The van der Waals surface area contributed by atoms with E-state index in [-0.39, 0.29) is 17.3 Å². The van der Waals surface area contributed by atoms with E-state index in [0.29, 0.717) is 13.0 Å². The van der Waals surface area contributed by atoms with Gasteiger partial charge in [0.2, 0.25) is 5.91 Å². The summed E-state index contributed by atoms with van der Waals surface area (Å²) >= 11 is 0. The van der Waals surface area contributed by atoms with Crippen LogP contribution in [0.2, 0.25) is 0 Å². The summed E-state index contributed by atoms with van der Waals surface area (Å²) in [6, 6.07) is 16.5. The van der Waals surface area contributed by atoms with Gasteiger partial charge in [0.25, 0.3) is 0 Å². The van der Waals surface area contributed by atoms with Crippen LogP contribution in [0.25, 0.3) is 11.4 Å². The Morgan fingerprint density at radius 3 is 2.50 bits per heavy atom. The maximum absolute atomic E-state index is 13.3. The fraction of sp³-hybridized carbons (Fsp3) is 0.304. The number of hydrogen-bond donors (Lipinski definition) is 1. The van der Waals surface area contributed by atoms with Crippen molar-refractivity contribution in [1.82, 2.24) is 14.9 Å². The van der Waals surface area contributed by atoms with E-state index in [1.165, 1.54) is 12.1 Å². The standard InChI is InChI=1S/C23H24FN3O/c24-20-10-8-19(9-11-20)23(13-4-5-14-23)26-21(28)12-16-27-17-15-25-22(27)18-6-2-1-3-7-18/h1-3,6-11,15,17H,4-5,12-14,16H2,(H,26,28). The fourth-order valence-corrected chi connectivity index (χ4v) is 4.12. The third-order valence-electron chi connectivity index (χ3n) is 5.56. The second-order valence-corrected chi connectivity index (χ2v) is 7.40. The van der Waals surface area contributed by atoms with E-state index in [9.17, 15) is 9.18 Å². The van der Waals surface area contributed by atoms with Crippen LogP contribution in [-0.2, 0) is 16.9 Å². The molecule has 1 aliphatic rings. The molecule has 0 radical (unpaired) electrons. The van der Waals surface area contributed by atoms with Gasteiger partial charge in [-0.15, -0.1) is 0 Å². The Morgan fingerprint density at radius 2 is 1.79 bits per heavy atom. The molecule has 1 heterocycles. The molecule has 1 aromatic heterocycles. The van der Waals surface area contributed by atoms with Gasteiger partial charge in [-0.25, -0.2) is 9.37 Å². The molecule has 0 unspecified atom stereocenters. The van der Waals surface area contributed by atoms with Gasteiger partial charge in [-0.1, -0.05) is 55.3 Å². The van der Waals surface area contributed by atoms with Crippen molar-refractivity contribution in [3.63, 3.8) is 0 Å². The van der Waals surface area contributed by atoms with Crippen LogP contribution in [0, 0.1) is 5.82 Å². The topological polar surface area (TPSA) is 46.9 Å². The van der Waals surface area contributed by atoms with Gasteiger partial charge in [0.15, 0.2) is 0 Å². The second-order valence-electron chi connectivity index (χ2n) is 7.40. The first-order valence-electron chi connectivity index (χ1n) is 9.80. The van der Waals surface area contributed by atoms with Crippen LogP contribution in [0.3, 0.4) is 0 Å². The highest BCUT2D eigenvalue weighted by atomic mass is 19.1. The van der Waals surface area contributed by atoms with Crippen molar-refractivity contribution in [2.75, 3.05) is 0 Å². The molecule has 5 heteroatoms. The average molecular weight is 377 g/mol. The lowest BCUT2D eigenvalue weighted by molar-refractivity contribution is -0.123. The lowest BCUT2D eigenvalue weighted by Crippen LogP contribution is -2.44. The second kappa shape index (κ2) is 7.97. The molecule has 28 heavy (non-hydrogen) atoms. The molecule has 0 atom stereocenters. The lowest BCUT2D eigenvalue weighted by Gasteiger charge is -2.31. The summed E-state index contributed by atoms with van der Waals surface area (Å²) in [5.74, 6) is 0.623. The predicted molar refractivity (Wildman–Crippen MR) is 107 cm³/mol. The van der Waals surface area contributed by atoms with Gasteiger partial charge >= 0.3 is 0 Å². The predicted octanol–water partition coefficient (Wildman–Crippen LogP) is 4.67. The Labute approximate surface area is 164 Å². The number of carbonyl (C=O) groups excluding carboxylic acids is 1. The molecule has 2 aromatic carbocycles. The first kappa shape index (κ1) is 18.4. The monoisotopic (exact) mass is 377 g/mol. The van der Waals surface area contributed by atoms with E-state index >= 15 is 0 Å². The molecule has 0 aliphatic heterocycles. The maximum Gasteiger partial charge on any atom is 0.222 e. The van der Waals surface area contributed by atoms with Gasteiger partial charge in [0, 0.05) is 30.9 Å². The molecule has 4 rings (SSSR count). The number of aryl methyl sites for hydroxylation is 1. The van der Waals surface area contributed by atoms with E-state index < -0.39 is 0 Å². The number of imidazole rings is 1. The SMILES string of the molecule is O=C(CCn1ccnc1-c1ccccc1)NC1(c2ccc(F)cc2)CCCC1. The summed E-state index contributed by atoms with van der Waals surface area (Å²) in [5, 5.41) is 3.25. The van der Waals surface area contributed by atoms with Crippen LogP contribution >= 0.6 is 0 Å². The third-order valence-corrected chi connectivity index (χ3v) is 5.56. The van der Waals surface area contributed by atoms with Crippen LogP contribution < -0.4 is 5.32 Å². The van der Waals surface area contributed by atoms with Crippen molar-refractivity contribution in [2.45, 2.75) is 44.2 Å². The molecule has 4 nitrogen and oxygen atoms in total. The zero-order valence-corrected chi connectivity index (χ0v) is 15.8. The molecular formula is C23H24FN3O. The van der Waals surface area contributed by atoms with Crippen molar-refractivity contribution < 1.29 is 9.18 Å². The maximum atomic E-state index is 13.3. The van der Waals surface area contributed by atoms with Gasteiger partial charge in [-0.2, -0.15) is 0 Å².